The van der Waals surface area contributed by atoms with Gasteiger partial charge in [-0.15, -0.1) is 0 Å². The second kappa shape index (κ2) is 8.21. The number of rotatable bonds is 7. The molecule has 142 valence electrons. The van der Waals surface area contributed by atoms with Gasteiger partial charge in [-0.2, -0.15) is 4.31 Å². The number of hydrogen-bond donors (Lipinski definition) is 1. The van der Waals surface area contributed by atoms with Gasteiger partial charge in [0.15, 0.2) is 0 Å². The van der Waals surface area contributed by atoms with Crippen molar-refractivity contribution in [1.29, 1.82) is 0 Å². The highest BCUT2D eigenvalue weighted by molar-refractivity contribution is 7.89. The van der Waals surface area contributed by atoms with Crippen LogP contribution in [0.4, 0.5) is 5.82 Å². The number of fused-ring (bicyclic) bond motifs is 1. The van der Waals surface area contributed by atoms with Crippen molar-refractivity contribution in [1.82, 2.24) is 14.3 Å². The van der Waals surface area contributed by atoms with Crippen molar-refractivity contribution in [2.24, 2.45) is 0 Å². The molecule has 27 heavy (non-hydrogen) atoms. The third-order valence-electron chi connectivity index (χ3n) is 4.27. The van der Waals surface area contributed by atoms with Gasteiger partial charge >= 0.3 is 0 Å². The summed E-state index contributed by atoms with van der Waals surface area (Å²) in [4.78, 5) is 9.09. The fraction of sp³-hybridized carbons (Fsp3) is 0.263. The molecular formula is C19H21ClN4O2S. The van der Waals surface area contributed by atoms with Crippen LogP contribution in [0.2, 0.25) is 5.02 Å². The average Bonchev–Trinajstić information content (AvgIpc) is 2.67. The summed E-state index contributed by atoms with van der Waals surface area (Å²) in [6.45, 7) is 5.01. The SMILES string of the molecule is CCN(CC)S(=O)(=O)c1ccc2nc(NCc3ccccc3Cl)cnc2c1. The minimum Gasteiger partial charge on any atom is -0.365 e. The summed E-state index contributed by atoms with van der Waals surface area (Å²) in [5.41, 5.74) is 2.12. The fourth-order valence-corrected chi connectivity index (χ4v) is 4.46. The van der Waals surface area contributed by atoms with E-state index in [4.69, 9.17) is 11.6 Å². The fourth-order valence-electron chi connectivity index (χ4n) is 2.78. The molecule has 1 heterocycles. The maximum absolute atomic E-state index is 12.6. The zero-order valence-electron chi connectivity index (χ0n) is 15.2. The van der Waals surface area contributed by atoms with Gasteiger partial charge in [-0.1, -0.05) is 43.6 Å². The Morgan fingerprint density at radius 1 is 1.07 bits per heavy atom. The first-order valence-electron chi connectivity index (χ1n) is 8.70. The molecule has 0 saturated carbocycles. The molecule has 0 spiro atoms. The molecule has 0 radical (unpaired) electrons. The van der Waals surface area contributed by atoms with Crippen LogP contribution in [0.1, 0.15) is 19.4 Å². The van der Waals surface area contributed by atoms with Crippen molar-refractivity contribution in [2.75, 3.05) is 18.4 Å². The molecule has 0 saturated heterocycles. The molecule has 0 aliphatic heterocycles. The predicted octanol–water partition coefficient (Wildman–Crippen LogP) is 3.93. The van der Waals surface area contributed by atoms with Crippen LogP contribution in [0.15, 0.2) is 53.6 Å². The van der Waals surface area contributed by atoms with Gasteiger partial charge in [-0.25, -0.2) is 13.4 Å². The lowest BCUT2D eigenvalue weighted by Gasteiger charge is -2.18. The summed E-state index contributed by atoms with van der Waals surface area (Å²) >= 11 is 6.16. The maximum atomic E-state index is 12.6. The number of benzene rings is 2. The Balaban J connectivity index is 1.84. The number of nitrogens with zero attached hydrogens (tertiary/aromatic N) is 3. The lowest BCUT2D eigenvalue weighted by Crippen LogP contribution is -2.30. The van der Waals surface area contributed by atoms with E-state index in [1.807, 2.05) is 38.1 Å². The van der Waals surface area contributed by atoms with Gasteiger partial charge in [0.05, 0.1) is 22.1 Å². The zero-order valence-corrected chi connectivity index (χ0v) is 16.8. The second-order valence-electron chi connectivity index (χ2n) is 5.94. The molecule has 1 N–H and O–H groups in total. The van der Waals surface area contributed by atoms with Gasteiger partial charge in [0.2, 0.25) is 10.0 Å². The van der Waals surface area contributed by atoms with Gasteiger partial charge in [0.1, 0.15) is 5.82 Å². The smallest absolute Gasteiger partial charge is 0.243 e. The summed E-state index contributed by atoms with van der Waals surface area (Å²) in [7, 11) is -3.52. The number of hydrogen-bond acceptors (Lipinski definition) is 5. The van der Waals surface area contributed by atoms with Crippen molar-refractivity contribution in [2.45, 2.75) is 25.3 Å². The molecule has 0 fully saturated rings. The quantitative estimate of drug-likeness (QED) is 0.645. The van der Waals surface area contributed by atoms with Crippen LogP contribution in [0, 0.1) is 0 Å². The Hall–Kier alpha value is -2.22. The molecule has 0 bridgehead atoms. The van der Waals surface area contributed by atoms with E-state index in [1.165, 1.54) is 4.31 Å². The highest BCUT2D eigenvalue weighted by atomic mass is 35.5. The molecule has 0 aliphatic rings. The molecule has 3 rings (SSSR count). The average molecular weight is 405 g/mol. The van der Waals surface area contributed by atoms with E-state index >= 15 is 0 Å². The number of halogens is 1. The first kappa shape index (κ1) is 19.5. The van der Waals surface area contributed by atoms with Crippen molar-refractivity contribution in [3.05, 3.63) is 59.2 Å². The molecule has 1 aromatic heterocycles. The van der Waals surface area contributed by atoms with E-state index in [-0.39, 0.29) is 4.90 Å². The summed E-state index contributed by atoms with van der Waals surface area (Å²) in [6.07, 6.45) is 1.59. The Morgan fingerprint density at radius 3 is 2.52 bits per heavy atom. The third kappa shape index (κ3) is 4.21. The Bertz CT molecular complexity index is 1050. The number of anilines is 1. The Labute approximate surface area is 164 Å². The van der Waals surface area contributed by atoms with Crippen molar-refractivity contribution in [3.63, 3.8) is 0 Å². The van der Waals surface area contributed by atoms with E-state index in [1.54, 1.807) is 24.4 Å². The van der Waals surface area contributed by atoms with E-state index in [2.05, 4.69) is 15.3 Å². The topological polar surface area (TPSA) is 75.2 Å². The molecule has 8 heteroatoms. The Morgan fingerprint density at radius 2 is 1.81 bits per heavy atom. The van der Waals surface area contributed by atoms with Crippen molar-refractivity contribution in [3.8, 4) is 0 Å². The molecule has 2 aromatic carbocycles. The molecule has 0 amide bonds. The summed E-state index contributed by atoms with van der Waals surface area (Å²) < 4.78 is 26.7. The molecule has 0 atom stereocenters. The number of aromatic nitrogens is 2. The van der Waals surface area contributed by atoms with Crippen LogP contribution in [-0.4, -0.2) is 35.8 Å². The van der Waals surface area contributed by atoms with Gasteiger partial charge < -0.3 is 5.32 Å². The van der Waals surface area contributed by atoms with Gasteiger partial charge in [0, 0.05) is 24.7 Å². The number of nitrogens with one attached hydrogen (secondary N) is 1. The first-order valence-corrected chi connectivity index (χ1v) is 10.5. The third-order valence-corrected chi connectivity index (χ3v) is 6.69. The molecule has 6 nitrogen and oxygen atoms in total. The summed E-state index contributed by atoms with van der Waals surface area (Å²) in [6, 6.07) is 12.4. The van der Waals surface area contributed by atoms with Crippen molar-refractivity contribution >= 4 is 38.5 Å². The van der Waals surface area contributed by atoms with Gasteiger partial charge in [-0.3, -0.25) is 4.98 Å². The van der Waals surface area contributed by atoms with E-state index in [0.717, 1.165) is 5.56 Å². The van der Waals surface area contributed by atoms with Crippen LogP contribution >= 0.6 is 11.6 Å². The van der Waals surface area contributed by atoms with Crippen LogP contribution in [-0.2, 0) is 16.6 Å². The summed E-state index contributed by atoms with van der Waals surface area (Å²) in [5, 5.41) is 3.88. The van der Waals surface area contributed by atoms with E-state index < -0.39 is 10.0 Å². The summed E-state index contributed by atoms with van der Waals surface area (Å²) in [5.74, 6) is 0.599. The molecule has 0 unspecified atom stereocenters. The Kier molecular flexibility index (Phi) is 5.94. The standard InChI is InChI=1S/C19H21ClN4O2S/c1-3-24(4-2)27(25,26)15-9-10-17-18(11-15)21-13-19(23-17)22-12-14-7-5-6-8-16(14)20/h5-11,13H,3-4,12H2,1-2H3,(H,22,23). The van der Waals surface area contributed by atoms with Crippen LogP contribution < -0.4 is 5.32 Å². The minimum atomic E-state index is -3.52. The highest BCUT2D eigenvalue weighted by Gasteiger charge is 2.22. The lowest BCUT2D eigenvalue weighted by atomic mass is 10.2. The normalized spacial score (nSPS) is 11.9. The van der Waals surface area contributed by atoms with Gasteiger partial charge in [-0.05, 0) is 29.8 Å². The minimum absolute atomic E-state index is 0.227. The predicted molar refractivity (Wildman–Crippen MR) is 108 cm³/mol. The second-order valence-corrected chi connectivity index (χ2v) is 8.29. The lowest BCUT2D eigenvalue weighted by molar-refractivity contribution is 0.445. The zero-order chi connectivity index (χ0) is 19.4. The molecule has 3 aromatic rings. The van der Waals surface area contributed by atoms with E-state index in [0.29, 0.717) is 41.5 Å². The maximum Gasteiger partial charge on any atom is 0.243 e. The number of sulfonamides is 1. The van der Waals surface area contributed by atoms with Gasteiger partial charge in [0.25, 0.3) is 0 Å². The first-order chi connectivity index (χ1) is 13.0. The highest BCUT2D eigenvalue weighted by Crippen LogP contribution is 2.21. The van der Waals surface area contributed by atoms with Crippen LogP contribution in [0.3, 0.4) is 0 Å². The van der Waals surface area contributed by atoms with E-state index in [9.17, 15) is 8.42 Å². The van der Waals surface area contributed by atoms with Crippen LogP contribution in [0.5, 0.6) is 0 Å². The van der Waals surface area contributed by atoms with Crippen LogP contribution in [0.25, 0.3) is 11.0 Å². The van der Waals surface area contributed by atoms with Crippen molar-refractivity contribution < 1.29 is 8.42 Å². The molecule has 0 aliphatic carbocycles. The molecular weight excluding hydrogens is 384 g/mol. The monoisotopic (exact) mass is 404 g/mol. The largest absolute Gasteiger partial charge is 0.365 e.